The van der Waals surface area contributed by atoms with Crippen molar-refractivity contribution in [3.8, 4) is 17.0 Å². The molecule has 0 bridgehead atoms. The predicted octanol–water partition coefficient (Wildman–Crippen LogP) is 4.70. The molecule has 3 heterocycles. The number of hydrogen-bond donors (Lipinski definition) is 2. The van der Waals surface area contributed by atoms with Crippen LogP contribution in [0.3, 0.4) is 0 Å². The second-order valence-corrected chi connectivity index (χ2v) is 12.6. The highest BCUT2D eigenvalue weighted by molar-refractivity contribution is 7.89. The van der Waals surface area contributed by atoms with Crippen LogP contribution in [0.5, 0.6) is 5.75 Å². The summed E-state index contributed by atoms with van der Waals surface area (Å²) in [5.41, 5.74) is 5.51. The molecule has 208 valence electrons. The number of para-hydroxylation sites is 1. The minimum absolute atomic E-state index is 0.0231. The fourth-order valence-corrected chi connectivity index (χ4v) is 6.34. The van der Waals surface area contributed by atoms with Crippen LogP contribution in [0.15, 0.2) is 87.1 Å². The van der Waals surface area contributed by atoms with Gasteiger partial charge < -0.3 is 15.0 Å². The molecule has 1 aliphatic heterocycles. The van der Waals surface area contributed by atoms with Gasteiger partial charge in [-0.2, -0.15) is 5.10 Å². The first-order valence-corrected chi connectivity index (χ1v) is 15.0. The number of fused-ring (bicyclic) bond motifs is 2. The fourth-order valence-electron chi connectivity index (χ4n) is 4.54. The molecular weight excluding hydrogens is 560 g/mol. The van der Waals surface area contributed by atoms with E-state index in [1.807, 2.05) is 54.8 Å². The molecule has 0 spiro atoms. The number of thiazole rings is 1. The lowest BCUT2D eigenvalue weighted by Gasteiger charge is -2.18. The number of nitrogens with zero attached hydrogens (tertiary/aromatic N) is 4. The average molecular weight is 587 g/mol. The molecular formula is C29H26N6O4S2. The molecule has 10 nitrogen and oxygen atoms in total. The summed E-state index contributed by atoms with van der Waals surface area (Å²) in [4.78, 5) is 20.8. The van der Waals surface area contributed by atoms with Crippen LogP contribution in [0, 0.1) is 6.92 Å². The summed E-state index contributed by atoms with van der Waals surface area (Å²) >= 11 is 1.36. The number of carbonyl (C=O) groups is 1. The molecule has 12 heteroatoms. The maximum Gasteiger partial charge on any atom is 0.262 e. The Morgan fingerprint density at radius 2 is 1.90 bits per heavy atom. The van der Waals surface area contributed by atoms with Gasteiger partial charge in [-0.05, 0) is 49.4 Å². The van der Waals surface area contributed by atoms with E-state index in [4.69, 9.17) is 14.8 Å². The fraction of sp³-hybridized carbons (Fsp3) is 0.138. The highest BCUT2D eigenvalue weighted by Crippen LogP contribution is 2.33. The zero-order valence-electron chi connectivity index (χ0n) is 22.5. The largest absolute Gasteiger partial charge is 0.482 e. The van der Waals surface area contributed by atoms with E-state index < -0.39 is 10.0 Å². The number of carbonyl (C=O) groups excluding carboxylic acids is 1. The first-order valence-electron chi connectivity index (χ1n) is 12.7. The first-order chi connectivity index (χ1) is 19.7. The van der Waals surface area contributed by atoms with Crippen LogP contribution in [0.4, 0.5) is 11.4 Å². The van der Waals surface area contributed by atoms with Crippen LogP contribution in [0.1, 0.15) is 11.3 Å². The maximum atomic E-state index is 12.7. The Morgan fingerprint density at radius 3 is 2.73 bits per heavy atom. The second kappa shape index (κ2) is 10.5. The Labute approximate surface area is 240 Å². The molecule has 0 saturated carbocycles. The summed E-state index contributed by atoms with van der Waals surface area (Å²) in [6.07, 6.45) is 1.79. The lowest BCUT2D eigenvalue weighted by atomic mass is 10.1. The van der Waals surface area contributed by atoms with E-state index in [1.165, 1.54) is 29.7 Å². The van der Waals surface area contributed by atoms with Crippen molar-refractivity contribution in [3.05, 3.63) is 88.2 Å². The Hall–Kier alpha value is -4.52. The second-order valence-electron chi connectivity index (χ2n) is 9.61. The first kappa shape index (κ1) is 26.7. The lowest BCUT2D eigenvalue weighted by Crippen LogP contribution is -2.25. The molecule has 1 amide bonds. The summed E-state index contributed by atoms with van der Waals surface area (Å²) in [6.45, 7) is 1.97. The van der Waals surface area contributed by atoms with Crippen molar-refractivity contribution in [1.82, 2.24) is 14.0 Å². The molecule has 0 saturated heterocycles. The average Bonchev–Trinajstić information content (AvgIpc) is 3.50. The molecule has 3 aromatic carbocycles. The summed E-state index contributed by atoms with van der Waals surface area (Å²) in [5, 5.41) is 10.7. The van der Waals surface area contributed by atoms with Gasteiger partial charge in [-0.15, -0.1) is 11.3 Å². The van der Waals surface area contributed by atoms with Crippen molar-refractivity contribution >= 4 is 55.8 Å². The van der Waals surface area contributed by atoms with E-state index in [0.717, 1.165) is 33.4 Å². The molecule has 0 aliphatic carbocycles. The van der Waals surface area contributed by atoms with Crippen molar-refractivity contribution in [1.29, 1.82) is 0 Å². The van der Waals surface area contributed by atoms with E-state index in [1.54, 1.807) is 35.2 Å². The normalized spacial score (nSPS) is 14.0. The third-order valence-electron chi connectivity index (χ3n) is 6.66. The van der Waals surface area contributed by atoms with E-state index >= 15 is 0 Å². The number of nitrogens with one attached hydrogen (secondary N) is 2. The van der Waals surface area contributed by atoms with Gasteiger partial charge in [-0.3, -0.25) is 4.79 Å². The Kier molecular flexibility index (Phi) is 6.81. The van der Waals surface area contributed by atoms with Gasteiger partial charge in [0.15, 0.2) is 6.61 Å². The smallest absolute Gasteiger partial charge is 0.262 e. The number of anilines is 1. The van der Waals surface area contributed by atoms with Gasteiger partial charge in [0, 0.05) is 47.2 Å². The molecule has 2 N–H and O–H groups in total. The van der Waals surface area contributed by atoms with Crippen LogP contribution in [0.25, 0.3) is 22.2 Å². The highest BCUT2D eigenvalue weighted by atomic mass is 32.2. The number of H-pyrrole nitrogens is 1. The van der Waals surface area contributed by atoms with E-state index in [-0.39, 0.29) is 17.4 Å². The molecule has 1 aliphatic rings. The van der Waals surface area contributed by atoms with Crippen LogP contribution < -0.4 is 14.9 Å². The number of sulfonamides is 1. The molecule has 0 fully saturated rings. The number of aromatic amines is 1. The quantitative estimate of drug-likeness (QED) is 0.280. The van der Waals surface area contributed by atoms with Crippen LogP contribution in [-0.2, 0) is 14.8 Å². The number of hydrogen-bond acceptors (Lipinski definition) is 7. The number of benzene rings is 3. The van der Waals surface area contributed by atoms with Gasteiger partial charge in [0.2, 0.25) is 14.8 Å². The third kappa shape index (κ3) is 5.08. The van der Waals surface area contributed by atoms with Gasteiger partial charge in [-0.25, -0.2) is 22.4 Å². The van der Waals surface area contributed by atoms with Crippen molar-refractivity contribution in [3.63, 3.8) is 0 Å². The summed E-state index contributed by atoms with van der Waals surface area (Å²) in [6, 6.07) is 20.1. The van der Waals surface area contributed by atoms with Gasteiger partial charge in [0.25, 0.3) is 5.91 Å². The van der Waals surface area contributed by atoms with E-state index in [2.05, 4.69) is 10.3 Å². The van der Waals surface area contributed by atoms with Crippen LogP contribution >= 0.6 is 11.3 Å². The van der Waals surface area contributed by atoms with Crippen molar-refractivity contribution in [2.45, 2.75) is 11.8 Å². The third-order valence-corrected chi connectivity index (χ3v) is 9.29. The summed E-state index contributed by atoms with van der Waals surface area (Å²) in [7, 11) is -0.643. The topological polar surface area (TPSA) is 121 Å². The maximum absolute atomic E-state index is 12.7. The molecule has 0 atom stereocenters. The predicted molar refractivity (Wildman–Crippen MR) is 160 cm³/mol. The monoisotopic (exact) mass is 586 g/mol. The van der Waals surface area contributed by atoms with Gasteiger partial charge in [-0.1, -0.05) is 24.3 Å². The van der Waals surface area contributed by atoms with E-state index in [0.29, 0.717) is 21.9 Å². The number of aromatic nitrogens is 2. The van der Waals surface area contributed by atoms with Gasteiger partial charge in [0.05, 0.1) is 28.2 Å². The Balaban J connectivity index is 1.51. The minimum Gasteiger partial charge on any atom is -0.482 e. The molecule has 0 radical (unpaired) electrons. The molecule has 41 heavy (non-hydrogen) atoms. The molecule has 5 aromatic rings. The Morgan fingerprint density at radius 1 is 1.07 bits per heavy atom. The zero-order valence-corrected chi connectivity index (χ0v) is 24.1. The van der Waals surface area contributed by atoms with E-state index in [9.17, 15) is 13.2 Å². The lowest BCUT2D eigenvalue weighted by molar-refractivity contribution is -0.118. The van der Waals surface area contributed by atoms with Crippen LogP contribution in [0.2, 0.25) is 0 Å². The van der Waals surface area contributed by atoms with Gasteiger partial charge in [0.1, 0.15) is 5.75 Å². The minimum atomic E-state index is -3.63. The number of ether oxygens (including phenoxy) is 1. The molecule has 2 aromatic heterocycles. The standard InChI is InChI=1S/C29H26N6O4S2/c1-18-23(22-9-4-5-10-24(22)31-18)15-30-35-26(19-11-12-27-25(13-19)33-28(36)16-39-27)17-40-29(35)32-20-7-6-8-21(14-20)41(37,38)34(2)3/h4-15,17,31H,16H2,1-3H3,(H,33,36). The number of aryl methyl sites for hydroxylation is 1. The molecule has 6 rings (SSSR count). The molecule has 0 unspecified atom stereocenters. The summed E-state index contributed by atoms with van der Waals surface area (Å²) in [5.74, 6) is 0.376. The van der Waals surface area contributed by atoms with Crippen molar-refractivity contribution < 1.29 is 17.9 Å². The van der Waals surface area contributed by atoms with Crippen molar-refractivity contribution in [2.75, 3.05) is 26.0 Å². The van der Waals surface area contributed by atoms with Gasteiger partial charge >= 0.3 is 0 Å². The Bertz CT molecular complexity index is 2020. The SMILES string of the molecule is Cc1[nH]c2ccccc2c1C=Nn1c(-c2ccc3c(c2)NC(=O)CO3)csc1=Nc1cccc(S(=O)(=O)N(C)C)c1. The van der Waals surface area contributed by atoms with Crippen molar-refractivity contribution in [2.24, 2.45) is 10.1 Å². The summed E-state index contributed by atoms with van der Waals surface area (Å²) < 4.78 is 33.9. The zero-order chi connectivity index (χ0) is 28.7. The van der Waals surface area contributed by atoms with Crippen LogP contribution in [-0.4, -0.2) is 55.2 Å². The number of rotatable bonds is 6. The highest BCUT2D eigenvalue weighted by Gasteiger charge is 2.19. The number of amides is 1.